The third-order valence-corrected chi connectivity index (χ3v) is 3.89. The first-order valence-electron chi connectivity index (χ1n) is 8.01. The number of nitrogens with one attached hydrogen (secondary N) is 1. The van der Waals surface area contributed by atoms with E-state index in [2.05, 4.69) is 10.1 Å². The molecule has 0 radical (unpaired) electrons. The molecule has 0 heterocycles. The monoisotopic (exact) mass is 338 g/mol. The maximum atomic E-state index is 12.1. The molecule has 0 saturated heterocycles. The van der Waals surface area contributed by atoms with Gasteiger partial charge in [-0.15, -0.1) is 0 Å². The molecule has 5 nitrogen and oxygen atoms in total. The van der Waals surface area contributed by atoms with E-state index in [9.17, 15) is 22.8 Å². The summed E-state index contributed by atoms with van der Waals surface area (Å²) in [6.45, 7) is -1.66. The Bertz CT molecular complexity index is 383. The van der Waals surface area contributed by atoms with Crippen LogP contribution in [0.15, 0.2) is 0 Å². The van der Waals surface area contributed by atoms with Gasteiger partial charge >= 0.3 is 6.18 Å². The molecular weight excluding hydrogens is 313 g/mol. The summed E-state index contributed by atoms with van der Waals surface area (Å²) >= 11 is 0. The first kappa shape index (κ1) is 19.9. The second-order valence-electron chi connectivity index (χ2n) is 5.90. The SMILES string of the molecule is NCCCCC(NC(=O)C1CCCC1)C(=O)COCC(F)(F)F. The predicted octanol–water partition coefficient (Wildman–Crippen LogP) is 1.94. The molecule has 1 unspecified atom stereocenters. The molecule has 0 aromatic heterocycles. The number of unbranched alkanes of at least 4 members (excludes halogenated alkanes) is 1. The highest BCUT2D eigenvalue weighted by Crippen LogP contribution is 2.25. The zero-order valence-electron chi connectivity index (χ0n) is 13.2. The Balaban J connectivity index is 2.48. The number of carbonyl (C=O) groups is 2. The summed E-state index contributed by atoms with van der Waals surface area (Å²) in [5, 5.41) is 2.67. The molecule has 0 aromatic carbocycles. The number of hydrogen-bond donors (Lipinski definition) is 2. The van der Waals surface area contributed by atoms with Crippen molar-refractivity contribution in [3.8, 4) is 0 Å². The average Bonchev–Trinajstić information content (AvgIpc) is 2.99. The molecule has 134 valence electrons. The van der Waals surface area contributed by atoms with Gasteiger partial charge in [0.05, 0.1) is 6.04 Å². The van der Waals surface area contributed by atoms with Crippen LogP contribution in [-0.2, 0) is 14.3 Å². The summed E-state index contributed by atoms with van der Waals surface area (Å²) < 4.78 is 40.6. The van der Waals surface area contributed by atoms with Crippen molar-refractivity contribution in [3.63, 3.8) is 0 Å². The molecule has 1 fully saturated rings. The van der Waals surface area contributed by atoms with Crippen LogP contribution in [0.3, 0.4) is 0 Å². The molecule has 23 heavy (non-hydrogen) atoms. The van der Waals surface area contributed by atoms with Gasteiger partial charge in [0.15, 0.2) is 5.78 Å². The van der Waals surface area contributed by atoms with E-state index in [1.165, 1.54) is 0 Å². The van der Waals surface area contributed by atoms with Gasteiger partial charge in [0.2, 0.25) is 5.91 Å². The highest BCUT2D eigenvalue weighted by molar-refractivity contribution is 5.90. The van der Waals surface area contributed by atoms with Gasteiger partial charge in [-0.3, -0.25) is 9.59 Å². The van der Waals surface area contributed by atoms with E-state index in [1.54, 1.807) is 0 Å². The molecule has 1 rings (SSSR count). The zero-order valence-corrected chi connectivity index (χ0v) is 13.2. The molecule has 0 bridgehead atoms. The van der Waals surface area contributed by atoms with Crippen LogP contribution in [0.2, 0.25) is 0 Å². The standard InChI is InChI=1S/C15H25F3N2O3/c16-15(17,18)10-23-9-13(21)12(7-3-4-8-19)20-14(22)11-5-1-2-6-11/h11-12H,1-10,19H2,(H,20,22). The molecule has 1 amide bonds. The van der Waals surface area contributed by atoms with Gasteiger partial charge < -0.3 is 15.8 Å². The number of Topliss-reactive ketones (excluding diaryl/α,β-unsaturated/α-hetero) is 1. The molecule has 1 saturated carbocycles. The van der Waals surface area contributed by atoms with Crippen molar-refractivity contribution in [1.29, 1.82) is 0 Å². The lowest BCUT2D eigenvalue weighted by Gasteiger charge is -2.20. The largest absolute Gasteiger partial charge is 0.411 e. The van der Waals surface area contributed by atoms with Gasteiger partial charge in [0.1, 0.15) is 13.2 Å². The second-order valence-corrected chi connectivity index (χ2v) is 5.90. The Morgan fingerprint density at radius 3 is 2.43 bits per heavy atom. The lowest BCUT2D eigenvalue weighted by molar-refractivity contribution is -0.175. The zero-order chi connectivity index (χ0) is 17.3. The highest BCUT2D eigenvalue weighted by Gasteiger charge is 2.30. The number of nitrogens with two attached hydrogens (primary N) is 1. The van der Waals surface area contributed by atoms with Crippen LogP contribution in [-0.4, -0.2) is 43.7 Å². The summed E-state index contributed by atoms with van der Waals surface area (Å²) in [6, 6.07) is -0.803. The van der Waals surface area contributed by atoms with Crippen molar-refractivity contribution >= 4 is 11.7 Å². The van der Waals surface area contributed by atoms with Crippen LogP contribution in [0.5, 0.6) is 0 Å². The quantitative estimate of drug-likeness (QED) is 0.597. The number of amides is 1. The number of halogens is 3. The fraction of sp³-hybridized carbons (Fsp3) is 0.867. The topological polar surface area (TPSA) is 81.4 Å². The highest BCUT2D eigenvalue weighted by atomic mass is 19.4. The number of carbonyl (C=O) groups excluding carboxylic acids is 2. The minimum absolute atomic E-state index is 0.101. The third kappa shape index (κ3) is 8.31. The Kier molecular flexibility index (Phi) is 8.54. The number of alkyl halides is 3. The van der Waals surface area contributed by atoms with Crippen LogP contribution >= 0.6 is 0 Å². The smallest absolute Gasteiger partial charge is 0.364 e. The van der Waals surface area contributed by atoms with Gasteiger partial charge in [-0.1, -0.05) is 12.8 Å². The van der Waals surface area contributed by atoms with E-state index in [-0.39, 0.29) is 11.8 Å². The molecule has 1 aliphatic rings. The van der Waals surface area contributed by atoms with Gasteiger partial charge in [0.25, 0.3) is 0 Å². The molecular formula is C15H25F3N2O3. The van der Waals surface area contributed by atoms with E-state index >= 15 is 0 Å². The minimum atomic E-state index is -4.47. The summed E-state index contributed by atoms with van der Waals surface area (Å²) in [5.41, 5.74) is 5.40. The number of ketones is 1. The van der Waals surface area contributed by atoms with Crippen molar-refractivity contribution in [1.82, 2.24) is 5.32 Å². The normalized spacial score (nSPS) is 17.2. The molecule has 0 spiro atoms. The van der Waals surface area contributed by atoms with Crippen LogP contribution in [0.1, 0.15) is 44.9 Å². The minimum Gasteiger partial charge on any atom is -0.364 e. The van der Waals surface area contributed by atoms with Gasteiger partial charge in [-0.25, -0.2) is 0 Å². The van der Waals surface area contributed by atoms with Crippen molar-refractivity contribution < 1.29 is 27.5 Å². The fourth-order valence-corrected chi connectivity index (χ4v) is 2.65. The molecule has 8 heteroatoms. The van der Waals surface area contributed by atoms with E-state index in [1.807, 2.05) is 0 Å². The maximum Gasteiger partial charge on any atom is 0.411 e. The summed E-state index contributed by atoms with van der Waals surface area (Å²) in [6.07, 6.45) is 0.757. The lowest BCUT2D eigenvalue weighted by Crippen LogP contribution is -2.45. The summed E-state index contributed by atoms with van der Waals surface area (Å²) in [7, 11) is 0. The van der Waals surface area contributed by atoms with Crippen LogP contribution < -0.4 is 11.1 Å². The second kappa shape index (κ2) is 9.87. The van der Waals surface area contributed by atoms with Crippen molar-refractivity contribution in [2.75, 3.05) is 19.8 Å². The van der Waals surface area contributed by atoms with E-state index in [0.717, 1.165) is 25.7 Å². The van der Waals surface area contributed by atoms with E-state index in [0.29, 0.717) is 25.8 Å². The fourth-order valence-electron chi connectivity index (χ4n) is 2.65. The molecule has 1 atom stereocenters. The van der Waals surface area contributed by atoms with Crippen LogP contribution in [0, 0.1) is 5.92 Å². The third-order valence-electron chi connectivity index (χ3n) is 3.89. The Morgan fingerprint density at radius 2 is 1.87 bits per heavy atom. The Morgan fingerprint density at radius 1 is 1.22 bits per heavy atom. The summed E-state index contributed by atoms with van der Waals surface area (Å²) in [5.74, 6) is -0.821. The first-order valence-corrected chi connectivity index (χ1v) is 8.01. The molecule has 1 aliphatic carbocycles. The van der Waals surface area contributed by atoms with E-state index < -0.39 is 31.2 Å². The Hall–Kier alpha value is -1.15. The number of ether oxygens (including phenoxy) is 1. The average molecular weight is 338 g/mol. The molecule has 3 N–H and O–H groups in total. The number of hydrogen-bond acceptors (Lipinski definition) is 4. The van der Waals surface area contributed by atoms with Crippen molar-refractivity contribution in [2.24, 2.45) is 11.7 Å². The first-order chi connectivity index (χ1) is 10.8. The Labute approximate surface area is 134 Å². The molecule has 0 aliphatic heterocycles. The summed E-state index contributed by atoms with van der Waals surface area (Å²) in [4.78, 5) is 24.2. The van der Waals surface area contributed by atoms with Gasteiger partial charge in [-0.2, -0.15) is 13.2 Å². The van der Waals surface area contributed by atoms with Gasteiger partial charge in [-0.05, 0) is 38.6 Å². The van der Waals surface area contributed by atoms with Gasteiger partial charge in [0, 0.05) is 5.92 Å². The predicted molar refractivity (Wildman–Crippen MR) is 78.7 cm³/mol. The van der Waals surface area contributed by atoms with Crippen molar-refractivity contribution in [3.05, 3.63) is 0 Å². The molecule has 0 aromatic rings. The number of rotatable bonds is 10. The lowest BCUT2D eigenvalue weighted by atomic mass is 10.0. The van der Waals surface area contributed by atoms with Crippen LogP contribution in [0.25, 0.3) is 0 Å². The maximum absolute atomic E-state index is 12.1. The van der Waals surface area contributed by atoms with Crippen LogP contribution in [0.4, 0.5) is 13.2 Å². The van der Waals surface area contributed by atoms with E-state index in [4.69, 9.17) is 5.73 Å². The van der Waals surface area contributed by atoms with Crippen molar-refractivity contribution in [2.45, 2.75) is 57.2 Å².